The Bertz CT molecular complexity index is 655. The fourth-order valence-corrected chi connectivity index (χ4v) is 2.77. The zero-order valence-electron chi connectivity index (χ0n) is 11.9. The molecule has 0 amide bonds. The van der Waals surface area contributed by atoms with Gasteiger partial charge in [0.15, 0.2) is 0 Å². The Morgan fingerprint density at radius 2 is 2.19 bits per heavy atom. The van der Waals surface area contributed by atoms with Crippen LogP contribution in [0, 0.1) is 0 Å². The summed E-state index contributed by atoms with van der Waals surface area (Å²) in [6.45, 7) is 2.02. The van der Waals surface area contributed by atoms with Gasteiger partial charge in [0.05, 0.1) is 7.11 Å². The molecule has 112 valence electrons. The van der Waals surface area contributed by atoms with E-state index in [1.165, 1.54) is 16.4 Å². The summed E-state index contributed by atoms with van der Waals surface area (Å²) in [5, 5.41) is 14.1. The monoisotopic (exact) mass is 307 g/mol. The minimum Gasteiger partial charge on any atom is -0.494 e. The molecular formula is C14H17N3O3S. The molecule has 3 N–H and O–H groups in total. The number of nitrogen functional groups attached to an aromatic ring is 1. The first kappa shape index (κ1) is 15.2. The van der Waals surface area contributed by atoms with Crippen LogP contribution >= 0.6 is 11.8 Å². The maximum absolute atomic E-state index is 11.4. The van der Waals surface area contributed by atoms with Crippen LogP contribution in [0.4, 0.5) is 5.82 Å². The van der Waals surface area contributed by atoms with E-state index in [4.69, 9.17) is 10.5 Å². The summed E-state index contributed by atoms with van der Waals surface area (Å²) in [5.74, 6) is 0.386. The van der Waals surface area contributed by atoms with Crippen LogP contribution in [0.5, 0.6) is 5.75 Å². The van der Waals surface area contributed by atoms with Crippen molar-refractivity contribution in [1.29, 1.82) is 0 Å². The third-order valence-corrected chi connectivity index (χ3v) is 4.03. The predicted molar refractivity (Wildman–Crippen MR) is 82.5 cm³/mol. The number of hydrogen-bond donors (Lipinski definition) is 2. The van der Waals surface area contributed by atoms with Crippen molar-refractivity contribution in [3.05, 3.63) is 29.8 Å². The zero-order chi connectivity index (χ0) is 15.4. The molecule has 1 heterocycles. The van der Waals surface area contributed by atoms with E-state index in [-0.39, 0.29) is 11.4 Å². The lowest BCUT2D eigenvalue weighted by atomic mass is 10.3. The molecule has 1 aromatic carbocycles. The van der Waals surface area contributed by atoms with Gasteiger partial charge in [0.1, 0.15) is 27.8 Å². The molecule has 0 bridgehead atoms. The van der Waals surface area contributed by atoms with Crippen LogP contribution < -0.4 is 10.5 Å². The predicted octanol–water partition coefficient (Wildman–Crippen LogP) is 2.66. The van der Waals surface area contributed by atoms with Crippen LogP contribution in [0.3, 0.4) is 0 Å². The molecule has 0 fully saturated rings. The van der Waals surface area contributed by atoms with Gasteiger partial charge in [0.2, 0.25) is 0 Å². The number of nitrogens with two attached hydrogens (primary N) is 1. The van der Waals surface area contributed by atoms with E-state index in [9.17, 15) is 9.90 Å². The van der Waals surface area contributed by atoms with Crippen LogP contribution in [0.15, 0.2) is 29.3 Å². The summed E-state index contributed by atoms with van der Waals surface area (Å²) in [7, 11) is 1.55. The third kappa shape index (κ3) is 2.97. The number of aromatic nitrogens is 2. The Hall–Kier alpha value is -2.15. The molecule has 0 unspecified atom stereocenters. The number of anilines is 1. The average molecular weight is 307 g/mol. The molecule has 0 radical (unpaired) electrons. The third-order valence-electron chi connectivity index (χ3n) is 2.86. The first-order chi connectivity index (χ1) is 10.1. The van der Waals surface area contributed by atoms with E-state index in [1.54, 1.807) is 19.2 Å². The molecule has 7 heteroatoms. The first-order valence-corrected chi connectivity index (χ1v) is 7.46. The lowest BCUT2D eigenvalue weighted by Gasteiger charge is -2.09. The number of ether oxygens (including phenoxy) is 1. The van der Waals surface area contributed by atoms with Gasteiger partial charge in [-0.05, 0) is 24.3 Å². The molecule has 0 saturated carbocycles. The minimum atomic E-state index is -1.08. The normalized spacial score (nSPS) is 10.6. The second-order valence-electron chi connectivity index (χ2n) is 4.30. The number of hydrogen-bond acceptors (Lipinski definition) is 5. The van der Waals surface area contributed by atoms with Crippen molar-refractivity contribution in [2.45, 2.75) is 18.4 Å². The standard InChI is InChI=1S/C14H17N3O3S/c1-3-8-21-13-11(14(18)19)12(15)17(16-13)9-6-4-5-7-10(9)20-2/h4-7H,3,8,15H2,1-2H3,(H,18,19). The molecule has 1 aromatic heterocycles. The second-order valence-corrected chi connectivity index (χ2v) is 5.39. The Morgan fingerprint density at radius 3 is 2.81 bits per heavy atom. The van der Waals surface area contributed by atoms with E-state index in [0.717, 1.165) is 12.2 Å². The Labute approximate surface area is 126 Å². The van der Waals surface area contributed by atoms with Crippen molar-refractivity contribution in [1.82, 2.24) is 9.78 Å². The Morgan fingerprint density at radius 1 is 1.48 bits per heavy atom. The van der Waals surface area contributed by atoms with Crippen molar-refractivity contribution in [3.8, 4) is 11.4 Å². The number of para-hydroxylation sites is 2. The molecule has 2 aromatic rings. The maximum Gasteiger partial charge on any atom is 0.342 e. The highest BCUT2D eigenvalue weighted by Crippen LogP contribution is 2.31. The van der Waals surface area contributed by atoms with Crippen LogP contribution in [-0.4, -0.2) is 33.7 Å². The molecule has 0 aliphatic carbocycles. The van der Waals surface area contributed by atoms with E-state index >= 15 is 0 Å². The van der Waals surface area contributed by atoms with E-state index in [2.05, 4.69) is 5.10 Å². The molecule has 2 rings (SSSR count). The van der Waals surface area contributed by atoms with E-state index < -0.39 is 5.97 Å². The van der Waals surface area contributed by atoms with Crippen molar-refractivity contribution in [3.63, 3.8) is 0 Å². The van der Waals surface area contributed by atoms with Gasteiger partial charge < -0.3 is 15.6 Å². The fraction of sp³-hybridized carbons (Fsp3) is 0.286. The number of carbonyl (C=O) groups is 1. The van der Waals surface area contributed by atoms with Gasteiger partial charge in [-0.2, -0.15) is 5.10 Å². The Kier molecular flexibility index (Phi) is 4.74. The second kappa shape index (κ2) is 6.53. The van der Waals surface area contributed by atoms with E-state index in [0.29, 0.717) is 16.5 Å². The average Bonchev–Trinajstić information content (AvgIpc) is 2.81. The quantitative estimate of drug-likeness (QED) is 0.797. The van der Waals surface area contributed by atoms with Crippen molar-refractivity contribution < 1.29 is 14.6 Å². The number of carboxylic acid groups (broad SMARTS) is 1. The summed E-state index contributed by atoms with van der Waals surface area (Å²) in [5.41, 5.74) is 6.64. The van der Waals surface area contributed by atoms with Crippen LogP contribution in [0.1, 0.15) is 23.7 Å². The number of rotatable bonds is 6. The lowest BCUT2D eigenvalue weighted by Crippen LogP contribution is -2.06. The van der Waals surface area contributed by atoms with Gasteiger partial charge in [-0.3, -0.25) is 0 Å². The SMILES string of the molecule is CCCSc1nn(-c2ccccc2OC)c(N)c1C(=O)O. The molecule has 0 spiro atoms. The molecule has 0 aliphatic rings. The largest absolute Gasteiger partial charge is 0.494 e. The van der Waals surface area contributed by atoms with Gasteiger partial charge in [-0.15, -0.1) is 11.8 Å². The molecule has 0 aliphatic heterocycles. The van der Waals surface area contributed by atoms with Crippen molar-refractivity contribution in [2.75, 3.05) is 18.6 Å². The maximum atomic E-state index is 11.4. The molecule has 0 atom stereocenters. The number of nitrogens with zero attached hydrogens (tertiary/aromatic N) is 2. The number of aromatic carboxylic acids is 1. The number of thioether (sulfide) groups is 1. The van der Waals surface area contributed by atoms with Gasteiger partial charge in [-0.1, -0.05) is 19.1 Å². The summed E-state index contributed by atoms with van der Waals surface area (Å²) in [4.78, 5) is 11.4. The number of methoxy groups -OCH3 is 1. The van der Waals surface area contributed by atoms with Crippen molar-refractivity contribution in [2.24, 2.45) is 0 Å². The van der Waals surface area contributed by atoms with Crippen LogP contribution in [0.2, 0.25) is 0 Å². The molecular weight excluding hydrogens is 290 g/mol. The summed E-state index contributed by atoms with van der Waals surface area (Å²) >= 11 is 1.38. The topological polar surface area (TPSA) is 90.4 Å². The molecule has 21 heavy (non-hydrogen) atoms. The van der Waals surface area contributed by atoms with Crippen molar-refractivity contribution >= 4 is 23.5 Å². The fourth-order valence-electron chi connectivity index (χ4n) is 1.90. The zero-order valence-corrected chi connectivity index (χ0v) is 12.7. The van der Waals surface area contributed by atoms with Crippen LogP contribution in [0.25, 0.3) is 5.69 Å². The number of benzene rings is 1. The summed E-state index contributed by atoms with van der Waals surface area (Å²) < 4.78 is 6.69. The van der Waals surface area contributed by atoms with Gasteiger partial charge in [0.25, 0.3) is 0 Å². The number of carboxylic acids is 1. The van der Waals surface area contributed by atoms with Gasteiger partial charge in [0, 0.05) is 0 Å². The van der Waals surface area contributed by atoms with Gasteiger partial charge in [-0.25, -0.2) is 9.48 Å². The van der Waals surface area contributed by atoms with E-state index in [1.807, 2.05) is 19.1 Å². The first-order valence-electron chi connectivity index (χ1n) is 6.48. The van der Waals surface area contributed by atoms with Gasteiger partial charge >= 0.3 is 5.97 Å². The van der Waals surface area contributed by atoms with Crippen LogP contribution in [-0.2, 0) is 0 Å². The smallest absolute Gasteiger partial charge is 0.342 e. The lowest BCUT2D eigenvalue weighted by molar-refractivity contribution is 0.0694. The summed E-state index contributed by atoms with van der Waals surface area (Å²) in [6, 6.07) is 7.20. The summed E-state index contributed by atoms with van der Waals surface area (Å²) in [6.07, 6.45) is 0.922. The highest BCUT2D eigenvalue weighted by atomic mass is 32.2. The minimum absolute atomic E-state index is 0.0411. The highest BCUT2D eigenvalue weighted by molar-refractivity contribution is 7.99. The Balaban J connectivity index is 2.56. The molecule has 0 saturated heterocycles. The highest BCUT2D eigenvalue weighted by Gasteiger charge is 2.23. The molecule has 6 nitrogen and oxygen atoms in total.